The molecule has 1 spiro atoms. The van der Waals surface area contributed by atoms with E-state index in [9.17, 15) is 4.79 Å². The van der Waals surface area contributed by atoms with Crippen LogP contribution in [-0.2, 0) is 15.9 Å². The van der Waals surface area contributed by atoms with Crippen LogP contribution in [0.2, 0.25) is 10.0 Å². The number of hydrogen-bond acceptors (Lipinski definition) is 7. The molecule has 1 aromatic heterocycles. The lowest BCUT2D eigenvalue weighted by Gasteiger charge is -2.42. The van der Waals surface area contributed by atoms with Gasteiger partial charge in [-0.25, -0.2) is 4.98 Å². The number of rotatable bonds is 4. The van der Waals surface area contributed by atoms with Crippen LogP contribution in [0.5, 0.6) is 0 Å². The number of halogens is 2. The Balaban J connectivity index is 1.46. The molecule has 5 rings (SSSR count). The molecule has 4 heterocycles. The second-order valence-electron chi connectivity index (χ2n) is 7.71. The molecular weight excluding hydrogens is 447 g/mol. The summed E-state index contributed by atoms with van der Waals surface area (Å²) in [4.78, 5) is 20.1. The fourth-order valence-corrected chi connectivity index (χ4v) is 6.20. The Morgan fingerprint density at radius 2 is 2.00 bits per heavy atom. The number of carbonyl (C=O) groups excluding carboxylic acids is 1. The smallest absolute Gasteiger partial charge is 0.264 e. The van der Waals surface area contributed by atoms with Gasteiger partial charge in [-0.2, -0.15) is 4.68 Å². The molecule has 2 unspecified atom stereocenters. The second-order valence-corrected chi connectivity index (χ2v) is 9.66. The SMILES string of the molecule is CCc1nc2n(n1)C(=O)C(C(c1ccc(Cl)cc1Cl)N1CCC3(CC1)OCCO3)S2. The summed E-state index contributed by atoms with van der Waals surface area (Å²) >= 11 is 14.2. The molecule has 0 N–H and O–H groups in total. The predicted octanol–water partition coefficient (Wildman–Crippen LogP) is 3.84. The van der Waals surface area contributed by atoms with Gasteiger partial charge in [-0.3, -0.25) is 9.69 Å². The zero-order valence-corrected chi connectivity index (χ0v) is 18.8. The van der Waals surface area contributed by atoms with Gasteiger partial charge in [0.25, 0.3) is 5.91 Å². The molecule has 10 heteroatoms. The molecule has 0 aliphatic carbocycles. The highest BCUT2D eigenvalue weighted by atomic mass is 35.5. The number of aromatic nitrogens is 3. The summed E-state index contributed by atoms with van der Waals surface area (Å²) in [7, 11) is 0. The molecule has 2 atom stereocenters. The zero-order chi connectivity index (χ0) is 20.9. The van der Waals surface area contributed by atoms with Crippen LogP contribution in [-0.4, -0.2) is 62.9 Å². The van der Waals surface area contributed by atoms with E-state index in [1.54, 1.807) is 6.07 Å². The number of hydrogen-bond donors (Lipinski definition) is 0. The van der Waals surface area contributed by atoms with Crippen molar-refractivity contribution in [1.82, 2.24) is 19.7 Å². The Morgan fingerprint density at radius 1 is 1.27 bits per heavy atom. The lowest BCUT2D eigenvalue weighted by Crippen LogP contribution is -2.49. The largest absolute Gasteiger partial charge is 0.347 e. The Labute approximate surface area is 189 Å². The monoisotopic (exact) mass is 468 g/mol. The van der Waals surface area contributed by atoms with E-state index >= 15 is 0 Å². The first-order valence-electron chi connectivity index (χ1n) is 10.1. The van der Waals surface area contributed by atoms with Crippen LogP contribution in [0, 0.1) is 0 Å². The number of ether oxygens (including phenoxy) is 2. The summed E-state index contributed by atoms with van der Waals surface area (Å²) < 4.78 is 13.2. The number of piperidine rings is 1. The van der Waals surface area contributed by atoms with Crippen molar-refractivity contribution in [3.8, 4) is 0 Å². The number of thioether (sulfide) groups is 1. The van der Waals surface area contributed by atoms with Gasteiger partial charge in [0.05, 0.1) is 19.3 Å². The Hall–Kier alpha value is -1.16. The first kappa shape index (κ1) is 20.7. The van der Waals surface area contributed by atoms with E-state index in [4.69, 9.17) is 32.7 Å². The molecule has 7 nitrogen and oxygen atoms in total. The first-order chi connectivity index (χ1) is 14.5. The topological polar surface area (TPSA) is 69.5 Å². The van der Waals surface area contributed by atoms with Crippen molar-refractivity contribution in [3.05, 3.63) is 39.6 Å². The maximum Gasteiger partial charge on any atom is 0.264 e. The molecule has 2 saturated heterocycles. The minimum absolute atomic E-state index is 0.0631. The van der Waals surface area contributed by atoms with Crippen molar-refractivity contribution in [2.45, 2.75) is 48.4 Å². The maximum absolute atomic E-state index is 13.3. The number of benzene rings is 1. The van der Waals surface area contributed by atoms with Gasteiger partial charge >= 0.3 is 0 Å². The van der Waals surface area contributed by atoms with Crippen LogP contribution in [0.4, 0.5) is 0 Å². The fraction of sp³-hybridized carbons (Fsp3) is 0.550. The van der Waals surface area contributed by atoms with E-state index in [0.29, 0.717) is 40.7 Å². The molecule has 160 valence electrons. The van der Waals surface area contributed by atoms with Crippen LogP contribution in [0.15, 0.2) is 23.4 Å². The van der Waals surface area contributed by atoms with Gasteiger partial charge < -0.3 is 9.47 Å². The molecule has 2 fully saturated rings. The van der Waals surface area contributed by atoms with Crippen molar-refractivity contribution in [2.24, 2.45) is 0 Å². The third-order valence-electron chi connectivity index (χ3n) is 5.96. The Kier molecular flexibility index (Phi) is 5.58. The summed E-state index contributed by atoms with van der Waals surface area (Å²) in [6.45, 7) is 4.73. The van der Waals surface area contributed by atoms with Crippen LogP contribution in [0.25, 0.3) is 0 Å². The quantitative estimate of drug-likeness (QED) is 0.674. The van der Waals surface area contributed by atoms with Gasteiger partial charge in [0.15, 0.2) is 16.8 Å². The summed E-state index contributed by atoms with van der Waals surface area (Å²) in [6.07, 6.45) is 2.20. The Morgan fingerprint density at radius 3 is 2.63 bits per heavy atom. The van der Waals surface area contributed by atoms with Crippen molar-refractivity contribution < 1.29 is 14.3 Å². The molecular formula is C20H22Cl2N4O3S. The fourth-order valence-electron chi connectivity index (χ4n) is 4.41. The summed E-state index contributed by atoms with van der Waals surface area (Å²) in [5.41, 5.74) is 0.887. The van der Waals surface area contributed by atoms with Gasteiger partial charge in [-0.05, 0) is 17.7 Å². The molecule has 3 aliphatic rings. The second kappa shape index (κ2) is 8.07. The normalized spacial score (nSPS) is 24.5. The van der Waals surface area contributed by atoms with Gasteiger partial charge in [-0.1, -0.05) is 48.0 Å². The van der Waals surface area contributed by atoms with Gasteiger partial charge in [-0.15, -0.1) is 5.10 Å². The summed E-state index contributed by atoms with van der Waals surface area (Å²) in [6, 6.07) is 5.25. The third-order valence-corrected chi connectivity index (χ3v) is 7.71. The third kappa shape index (κ3) is 3.57. The molecule has 30 heavy (non-hydrogen) atoms. The maximum atomic E-state index is 13.3. The van der Waals surface area contributed by atoms with Crippen LogP contribution < -0.4 is 0 Å². The van der Waals surface area contributed by atoms with Crippen molar-refractivity contribution >= 4 is 40.9 Å². The number of nitrogens with zero attached hydrogens (tertiary/aromatic N) is 4. The molecule has 0 radical (unpaired) electrons. The van der Waals surface area contributed by atoms with E-state index < -0.39 is 5.79 Å². The van der Waals surface area contributed by atoms with E-state index in [-0.39, 0.29) is 17.2 Å². The van der Waals surface area contributed by atoms with E-state index in [0.717, 1.165) is 31.5 Å². The summed E-state index contributed by atoms with van der Waals surface area (Å²) in [5, 5.41) is 5.77. The zero-order valence-electron chi connectivity index (χ0n) is 16.5. The first-order valence-corrected chi connectivity index (χ1v) is 11.8. The van der Waals surface area contributed by atoms with Crippen LogP contribution in [0.3, 0.4) is 0 Å². The molecule has 0 amide bonds. The Bertz CT molecular complexity index is 969. The number of fused-ring (bicyclic) bond motifs is 1. The number of aryl methyl sites for hydroxylation is 1. The number of carbonyl (C=O) groups is 1. The van der Waals surface area contributed by atoms with Gasteiger partial charge in [0.2, 0.25) is 0 Å². The highest BCUT2D eigenvalue weighted by Crippen LogP contribution is 2.45. The lowest BCUT2D eigenvalue weighted by atomic mass is 9.95. The van der Waals surface area contributed by atoms with E-state index in [1.807, 2.05) is 19.1 Å². The number of likely N-dealkylation sites (tertiary alicyclic amines) is 1. The lowest BCUT2D eigenvalue weighted by molar-refractivity contribution is -0.187. The molecule has 2 aromatic rings. The minimum atomic E-state index is -0.484. The average Bonchev–Trinajstić information content (AvgIpc) is 3.43. The van der Waals surface area contributed by atoms with Crippen molar-refractivity contribution in [3.63, 3.8) is 0 Å². The average molecular weight is 469 g/mol. The summed E-state index contributed by atoms with van der Waals surface area (Å²) in [5.74, 6) is 0.134. The van der Waals surface area contributed by atoms with Crippen molar-refractivity contribution in [1.29, 1.82) is 0 Å². The highest BCUT2D eigenvalue weighted by Gasteiger charge is 2.47. The van der Waals surface area contributed by atoms with Gasteiger partial charge in [0.1, 0.15) is 5.25 Å². The van der Waals surface area contributed by atoms with Gasteiger partial charge in [0, 0.05) is 42.4 Å². The van der Waals surface area contributed by atoms with E-state index in [1.165, 1.54) is 16.4 Å². The molecule has 0 saturated carbocycles. The van der Waals surface area contributed by atoms with E-state index in [2.05, 4.69) is 15.0 Å². The van der Waals surface area contributed by atoms with Crippen LogP contribution >= 0.6 is 35.0 Å². The standard InChI is InChI=1S/C20H22Cl2N4O3S/c1-2-15-23-19-26(24-15)18(27)17(30-19)16(13-4-3-12(21)11-14(13)22)25-7-5-20(6-8-25)28-9-10-29-20/h3-4,11,16-17H,2,5-10H2,1H3. The highest BCUT2D eigenvalue weighted by molar-refractivity contribution is 8.00. The van der Waals surface area contributed by atoms with Crippen molar-refractivity contribution in [2.75, 3.05) is 26.3 Å². The molecule has 3 aliphatic heterocycles. The molecule has 0 bridgehead atoms. The minimum Gasteiger partial charge on any atom is -0.347 e. The molecule has 1 aromatic carbocycles. The predicted molar refractivity (Wildman–Crippen MR) is 114 cm³/mol. The van der Waals surface area contributed by atoms with Crippen LogP contribution in [0.1, 0.15) is 42.0 Å².